The van der Waals surface area contributed by atoms with Gasteiger partial charge in [0, 0.05) is 20.3 Å². The number of ether oxygens (including phenoxy) is 3. The zero-order valence-electron chi connectivity index (χ0n) is 31.7. The second-order valence-corrected chi connectivity index (χ2v) is 14.0. The molecule has 1 unspecified atom stereocenters. The Morgan fingerprint density at radius 1 is 0.468 bits per heavy atom. The third-order valence-electron chi connectivity index (χ3n) is 9.45. The number of nitrogens with one attached hydrogen (secondary N) is 1. The van der Waals surface area contributed by atoms with E-state index in [4.69, 9.17) is 14.2 Å². The summed E-state index contributed by atoms with van der Waals surface area (Å²) < 4.78 is 16.4. The summed E-state index contributed by atoms with van der Waals surface area (Å²) in [5.74, 6) is 0. The molecule has 1 atom stereocenters. The van der Waals surface area contributed by atoms with Gasteiger partial charge in [0.1, 0.15) is 6.10 Å². The monoisotopic (exact) mass is 670 g/mol. The van der Waals surface area contributed by atoms with Crippen molar-refractivity contribution in [2.45, 2.75) is 233 Å². The molecule has 0 fully saturated rings. The van der Waals surface area contributed by atoms with Crippen molar-refractivity contribution >= 4 is 6.09 Å². The average molecular weight is 670 g/mol. The Morgan fingerprint density at radius 2 is 0.809 bits per heavy atom. The second kappa shape index (κ2) is 43.2. The van der Waals surface area contributed by atoms with E-state index in [2.05, 4.69) is 19.2 Å². The lowest BCUT2D eigenvalue weighted by molar-refractivity contribution is 0.0670. The van der Waals surface area contributed by atoms with E-state index in [1.54, 1.807) is 7.11 Å². The maximum Gasteiger partial charge on any atom is 0.407 e. The van der Waals surface area contributed by atoms with Gasteiger partial charge >= 0.3 is 6.09 Å². The van der Waals surface area contributed by atoms with Gasteiger partial charge in [-0.1, -0.05) is 195 Å². The lowest BCUT2D eigenvalue weighted by Gasteiger charge is -2.18. The number of unbranched alkanes of at least 4 members (excludes halogenated alkanes) is 27. The Morgan fingerprint density at radius 3 is 1.15 bits per heavy atom. The Kier molecular flexibility index (Phi) is 44.4. The first-order valence-electron chi connectivity index (χ1n) is 20.8. The highest BCUT2D eigenvalue weighted by Gasteiger charge is 2.14. The molecular formula is C42H87NO4. The van der Waals surface area contributed by atoms with E-state index in [9.17, 15) is 4.79 Å². The predicted molar refractivity (Wildman–Crippen MR) is 207 cm³/mol. The number of hydrogen-bond donors (Lipinski definition) is 1. The zero-order valence-corrected chi connectivity index (χ0v) is 31.7. The molecule has 0 aliphatic rings. The highest BCUT2D eigenvalue weighted by molar-refractivity contribution is 5.67. The first-order chi connectivity index (χ1) is 22.7. The average Bonchev–Trinajstić information content (AvgIpc) is 3.06. The molecular weight excluding hydrogens is 582 g/mol. The first kappa shape index (κ1) is 48.3. The van der Waals surface area contributed by atoms with Crippen LogP contribution in [0.4, 0.5) is 4.79 Å². The van der Waals surface area contributed by atoms with E-state index >= 15 is 0 Å². The summed E-state index contributed by atoms with van der Waals surface area (Å²) in [6, 6.07) is 0. The Balaban J connectivity index is 0. The van der Waals surface area contributed by atoms with Crippen LogP contribution in [0.5, 0.6) is 0 Å². The van der Waals surface area contributed by atoms with E-state index in [1.165, 1.54) is 186 Å². The van der Waals surface area contributed by atoms with Crippen LogP contribution in [0.15, 0.2) is 0 Å². The van der Waals surface area contributed by atoms with Crippen LogP contribution in [-0.2, 0) is 14.2 Å². The summed E-state index contributed by atoms with van der Waals surface area (Å²) >= 11 is 0. The molecule has 47 heavy (non-hydrogen) atoms. The van der Waals surface area contributed by atoms with Gasteiger partial charge in [-0.05, 0) is 32.1 Å². The third-order valence-corrected chi connectivity index (χ3v) is 9.45. The minimum Gasteiger partial charge on any atom is -0.446 e. The van der Waals surface area contributed by atoms with Crippen molar-refractivity contribution in [1.29, 1.82) is 0 Å². The molecule has 0 aromatic carbocycles. The molecule has 1 amide bonds. The fraction of sp³-hybridized carbons (Fsp3) is 0.976. The van der Waals surface area contributed by atoms with E-state index < -0.39 is 0 Å². The number of amides is 1. The van der Waals surface area contributed by atoms with Gasteiger partial charge in [0.05, 0.1) is 13.2 Å². The number of hydrogen-bond acceptors (Lipinski definition) is 4. The van der Waals surface area contributed by atoms with E-state index in [1.807, 2.05) is 0 Å². The number of carbonyl (C=O) groups excluding carboxylic acids is 1. The van der Waals surface area contributed by atoms with E-state index in [0.29, 0.717) is 26.4 Å². The SMILES string of the molecule is C.CCCCCCCCCCCCCCCCCC(CCCCCCCCCCCCCCCC)OC(=O)NCCCOCCOC. The smallest absolute Gasteiger partial charge is 0.407 e. The predicted octanol–water partition coefficient (Wildman–Crippen LogP) is 13.9. The van der Waals surface area contributed by atoms with Crippen LogP contribution in [0.2, 0.25) is 0 Å². The molecule has 0 saturated heterocycles. The topological polar surface area (TPSA) is 56.8 Å². The summed E-state index contributed by atoms with van der Waals surface area (Å²) in [6.07, 6.45) is 42.5. The molecule has 0 saturated carbocycles. The molecule has 0 spiro atoms. The van der Waals surface area contributed by atoms with E-state index in [-0.39, 0.29) is 19.6 Å². The van der Waals surface area contributed by atoms with Crippen molar-refractivity contribution < 1.29 is 19.0 Å². The molecule has 0 aromatic rings. The zero-order chi connectivity index (χ0) is 33.4. The van der Waals surface area contributed by atoms with Gasteiger partial charge in [-0.3, -0.25) is 0 Å². The molecule has 0 heterocycles. The number of methoxy groups -OCH3 is 1. The van der Waals surface area contributed by atoms with Gasteiger partial charge in [-0.25, -0.2) is 4.79 Å². The number of alkyl carbamates (subject to hydrolysis) is 1. The first-order valence-corrected chi connectivity index (χ1v) is 20.8. The second-order valence-electron chi connectivity index (χ2n) is 14.0. The Bertz CT molecular complexity index is 573. The maximum absolute atomic E-state index is 12.5. The lowest BCUT2D eigenvalue weighted by atomic mass is 10.0. The lowest BCUT2D eigenvalue weighted by Crippen LogP contribution is -2.30. The van der Waals surface area contributed by atoms with E-state index in [0.717, 1.165) is 19.3 Å². The maximum atomic E-state index is 12.5. The molecule has 5 nitrogen and oxygen atoms in total. The van der Waals surface area contributed by atoms with Gasteiger partial charge in [0.25, 0.3) is 0 Å². The minimum atomic E-state index is -0.256. The quantitative estimate of drug-likeness (QED) is 0.0662. The van der Waals surface area contributed by atoms with Crippen LogP contribution < -0.4 is 5.32 Å². The molecule has 0 aliphatic heterocycles. The van der Waals surface area contributed by atoms with Crippen molar-refractivity contribution in [2.75, 3.05) is 33.5 Å². The molecule has 0 rings (SSSR count). The molecule has 0 aromatic heterocycles. The third kappa shape index (κ3) is 41.3. The van der Waals surface area contributed by atoms with Crippen LogP contribution in [0.25, 0.3) is 0 Å². The van der Waals surface area contributed by atoms with Gasteiger partial charge < -0.3 is 19.5 Å². The van der Waals surface area contributed by atoms with Crippen molar-refractivity contribution in [3.63, 3.8) is 0 Å². The standard InChI is InChI=1S/C41H83NO4.CH4/c1-4-6-8-10-12-14-16-18-20-22-24-26-28-30-32-35-40(46-41(43)42-36-33-37-45-39-38-44-3)34-31-29-27-25-23-21-19-17-15-13-11-9-7-5-2;/h40H,4-39H2,1-3H3,(H,42,43);1H4. The van der Waals surface area contributed by atoms with Crippen molar-refractivity contribution in [3.05, 3.63) is 0 Å². The van der Waals surface area contributed by atoms with Crippen molar-refractivity contribution in [2.24, 2.45) is 0 Å². The fourth-order valence-corrected chi connectivity index (χ4v) is 6.37. The van der Waals surface area contributed by atoms with Crippen LogP contribution in [-0.4, -0.2) is 45.7 Å². The van der Waals surface area contributed by atoms with Crippen LogP contribution in [0.3, 0.4) is 0 Å². The van der Waals surface area contributed by atoms with Gasteiger partial charge in [0.15, 0.2) is 0 Å². The summed E-state index contributed by atoms with van der Waals surface area (Å²) in [5.41, 5.74) is 0. The Hall–Kier alpha value is -0.810. The minimum absolute atomic E-state index is 0. The van der Waals surface area contributed by atoms with Crippen LogP contribution in [0, 0.1) is 0 Å². The molecule has 5 heteroatoms. The molecule has 0 radical (unpaired) electrons. The molecule has 284 valence electrons. The van der Waals surface area contributed by atoms with Crippen molar-refractivity contribution in [1.82, 2.24) is 5.32 Å². The summed E-state index contributed by atoms with van der Waals surface area (Å²) in [6.45, 7) is 7.01. The summed E-state index contributed by atoms with van der Waals surface area (Å²) in [4.78, 5) is 12.5. The van der Waals surface area contributed by atoms with Crippen molar-refractivity contribution in [3.8, 4) is 0 Å². The Labute approximate surface area is 296 Å². The highest BCUT2D eigenvalue weighted by atomic mass is 16.6. The van der Waals surface area contributed by atoms with Crippen LogP contribution >= 0.6 is 0 Å². The molecule has 0 aliphatic carbocycles. The largest absolute Gasteiger partial charge is 0.446 e. The number of carbonyl (C=O) groups is 1. The summed E-state index contributed by atoms with van der Waals surface area (Å²) in [7, 11) is 1.68. The number of rotatable bonds is 39. The van der Waals surface area contributed by atoms with Gasteiger partial charge in [-0.2, -0.15) is 0 Å². The van der Waals surface area contributed by atoms with Gasteiger partial charge in [0.2, 0.25) is 0 Å². The van der Waals surface area contributed by atoms with Gasteiger partial charge in [-0.15, -0.1) is 0 Å². The molecule has 1 N–H and O–H groups in total. The highest BCUT2D eigenvalue weighted by Crippen LogP contribution is 2.19. The fourth-order valence-electron chi connectivity index (χ4n) is 6.37. The molecule has 0 bridgehead atoms. The normalized spacial score (nSPS) is 11.8. The summed E-state index contributed by atoms with van der Waals surface area (Å²) in [5, 5.41) is 2.94. The van der Waals surface area contributed by atoms with Crippen LogP contribution in [0.1, 0.15) is 227 Å².